The van der Waals surface area contributed by atoms with Crippen molar-refractivity contribution in [2.75, 3.05) is 5.32 Å². The number of rotatable bonds is 6. The Bertz CT molecular complexity index is 1220. The van der Waals surface area contributed by atoms with E-state index in [2.05, 4.69) is 10.3 Å². The molecular formula is C25H24BN3O4. The molecular weight excluding hydrogens is 417 g/mol. The first-order valence-corrected chi connectivity index (χ1v) is 10.5. The number of imidazole rings is 1. The van der Waals surface area contributed by atoms with Gasteiger partial charge in [-0.25, -0.2) is 9.78 Å². The molecule has 166 valence electrons. The molecule has 0 spiro atoms. The van der Waals surface area contributed by atoms with Crippen LogP contribution in [0.25, 0.3) is 22.4 Å². The lowest BCUT2D eigenvalue weighted by molar-refractivity contribution is 0.121. The van der Waals surface area contributed by atoms with Crippen LogP contribution >= 0.6 is 0 Å². The maximum Gasteiger partial charge on any atom is 0.488 e. The van der Waals surface area contributed by atoms with Gasteiger partial charge in [-0.05, 0) is 29.1 Å². The van der Waals surface area contributed by atoms with E-state index in [0.717, 1.165) is 22.3 Å². The molecule has 8 heteroatoms. The number of hydrogen-bond donors (Lipinski definition) is 3. The standard InChI is InChI=1S/C25H24BN3O4/c1-17(18-6-4-3-5-7-18)33-25(30)28-24-23(27-16-29(24)2)21-10-8-19(9-11-21)20-12-14-22(15-13-20)26(31)32/h3-17,31-32H,1-2H3,(H,28,30)/t17-/m1/s1. The summed E-state index contributed by atoms with van der Waals surface area (Å²) in [6, 6.07) is 24.3. The number of aromatic nitrogens is 2. The highest BCUT2D eigenvalue weighted by atomic mass is 16.6. The minimum absolute atomic E-state index is 0.388. The van der Waals surface area contributed by atoms with Crippen molar-refractivity contribution >= 4 is 24.5 Å². The van der Waals surface area contributed by atoms with E-state index < -0.39 is 13.2 Å². The molecule has 4 aromatic rings. The Morgan fingerprint density at radius 3 is 2.12 bits per heavy atom. The van der Waals surface area contributed by atoms with E-state index in [-0.39, 0.29) is 6.10 Å². The Hall–Kier alpha value is -3.88. The molecule has 7 nitrogen and oxygen atoms in total. The van der Waals surface area contributed by atoms with Gasteiger partial charge in [0.1, 0.15) is 17.6 Å². The lowest BCUT2D eigenvalue weighted by Crippen LogP contribution is -2.29. The molecule has 3 aromatic carbocycles. The van der Waals surface area contributed by atoms with Gasteiger partial charge in [-0.15, -0.1) is 0 Å². The van der Waals surface area contributed by atoms with Gasteiger partial charge >= 0.3 is 13.2 Å². The van der Waals surface area contributed by atoms with Crippen molar-refractivity contribution in [3.8, 4) is 22.4 Å². The van der Waals surface area contributed by atoms with Crippen LogP contribution in [0.3, 0.4) is 0 Å². The lowest BCUT2D eigenvalue weighted by atomic mass is 9.80. The molecule has 1 heterocycles. The van der Waals surface area contributed by atoms with Crippen LogP contribution < -0.4 is 10.8 Å². The van der Waals surface area contributed by atoms with Crippen molar-refractivity contribution in [2.24, 2.45) is 7.05 Å². The van der Waals surface area contributed by atoms with Crippen LogP contribution in [0.15, 0.2) is 85.2 Å². The zero-order valence-corrected chi connectivity index (χ0v) is 18.3. The quantitative estimate of drug-likeness (QED) is 0.396. The highest BCUT2D eigenvalue weighted by Gasteiger charge is 2.17. The molecule has 1 aromatic heterocycles. The molecule has 4 rings (SSSR count). The SMILES string of the molecule is C[C@@H](OC(=O)Nc1c(-c2ccc(-c3ccc(B(O)O)cc3)cc2)ncn1C)c1ccccc1. The van der Waals surface area contributed by atoms with Gasteiger partial charge in [0.25, 0.3) is 0 Å². The molecule has 1 amide bonds. The average Bonchev–Trinajstić information content (AvgIpc) is 3.19. The lowest BCUT2D eigenvalue weighted by Gasteiger charge is -2.15. The molecule has 0 saturated heterocycles. The molecule has 3 N–H and O–H groups in total. The van der Waals surface area contributed by atoms with Crippen molar-refractivity contribution in [3.63, 3.8) is 0 Å². The van der Waals surface area contributed by atoms with Gasteiger partial charge < -0.3 is 19.4 Å². The summed E-state index contributed by atoms with van der Waals surface area (Å²) in [6.45, 7) is 1.82. The summed E-state index contributed by atoms with van der Waals surface area (Å²) in [5.74, 6) is 0.536. The summed E-state index contributed by atoms with van der Waals surface area (Å²) in [6.07, 6.45) is 0.692. The van der Waals surface area contributed by atoms with Crippen LogP contribution in [-0.2, 0) is 11.8 Å². The summed E-state index contributed by atoms with van der Waals surface area (Å²) in [7, 11) is 0.317. The summed E-state index contributed by atoms with van der Waals surface area (Å²) >= 11 is 0. The maximum absolute atomic E-state index is 12.5. The monoisotopic (exact) mass is 441 g/mol. The maximum atomic E-state index is 12.5. The molecule has 0 unspecified atom stereocenters. The number of amides is 1. The highest BCUT2D eigenvalue weighted by molar-refractivity contribution is 6.58. The number of ether oxygens (including phenoxy) is 1. The van der Waals surface area contributed by atoms with E-state index in [9.17, 15) is 14.8 Å². The Kier molecular flexibility index (Phi) is 6.58. The fourth-order valence-corrected chi connectivity index (χ4v) is 3.54. The van der Waals surface area contributed by atoms with Gasteiger partial charge in [0, 0.05) is 12.6 Å². The van der Waals surface area contributed by atoms with Gasteiger partial charge in [0.05, 0.1) is 6.33 Å². The second kappa shape index (κ2) is 9.73. The molecule has 0 aliphatic rings. The molecule has 0 fully saturated rings. The van der Waals surface area contributed by atoms with Crippen molar-refractivity contribution in [2.45, 2.75) is 13.0 Å². The first-order chi connectivity index (χ1) is 15.9. The molecule has 0 bridgehead atoms. The highest BCUT2D eigenvalue weighted by Crippen LogP contribution is 2.29. The van der Waals surface area contributed by atoms with Gasteiger partial charge in [-0.2, -0.15) is 0 Å². The second-order valence-corrected chi connectivity index (χ2v) is 7.71. The number of anilines is 1. The topological polar surface area (TPSA) is 96.6 Å². The van der Waals surface area contributed by atoms with Crippen LogP contribution in [0.5, 0.6) is 0 Å². The van der Waals surface area contributed by atoms with Crippen LogP contribution in [0.1, 0.15) is 18.6 Å². The molecule has 1 atom stereocenters. The molecule has 0 aliphatic carbocycles. The summed E-state index contributed by atoms with van der Waals surface area (Å²) in [5, 5.41) is 21.3. The van der Waals surface area contributed by atoms with E-state index >= 15 is 0 Å². The van der Waals surface area contributed by atoms with Crippen LogP contribution in [0.2, 0.25) is 0 Å². The number of hydrogen-bond acceptors (Lipinski definition) is 5. The number of carbonyl (C=O) groups is 1. The van der Waals surface area contributed by atoms with E-state index in [1.807, 2.05) is 73.7 Å². The summed E-state index contributed by atoms with van der Waals surface area (Å²) in [4.78, 5) is 17.0. The molecule has 0 radical (unpaired) electrons. The number of nitrogens with one attached hydrogen (secondary N) is 1. The smallest absolute Gasteiger partial charge is 0.441 e. The molecule has 0 aliphatic heterocycles. The fourth-order valence-electron chi connectivity index (χ4n) is 3.54. The zero-order valence-electron chi connectivity index (χ0n) is 18.3. The fraction of sp³-hybridized carbons (Fsp3) is 0.120. The second-order valence-electron chi connectivity index (χ2n) is 7.71. The van der Waals surface area contributed by atoms with Gasteiger partial charge in [0.2, 0.25) is 0 Å². The van der Waals surface area contributed by atoms with Gasteiger partial charge in [-0.1, -0.05) is 78.9 Å². The Morgan fingerprint density at radius 2 is 1.52 bits per heavy atom. The van der Waals surface area contributed by atoms with E-state index in [1.54, 1.807) is 30.1 Å². The number of benzene rings is 3. The Morgan fingerprint density at radius 1 is 0.939 bits per heavy atom. The van der Waals surface area contributed by atoms with Gasteiger partial charge in [-0.3, -0.25) is 5.32 Å². The Balaban J connectivity index is 1.49. The van der Waals surface area contributed by atoms with Crippen LogP contribution in [-0.4, -0.2) is 32.8 Å². The normalized spacial score (nSPS) is 11.6. The summed E-state index contributed by atoms with van der Waals surface area (Å²) < 4.78 is 7.26. The minimum atomic E-state index is -1.49. The third-order valence-electron chi connectivity index (χ3n) is 5.41. The summed E-state index contributed by atoms with van der Waals surface area (Å²) in [5.41, 5.74) is 4.74. The molecule has 33 heavy (non-hydrogen) atoms. The number of carbonyl (C=O) groups excluding carboxylic acids is 1. The van der Waals surface area contributed by atoms with Gasteiger partial charge in [0.15, 0.2) is 0 Å². The molecule has 0 saturated carbocycles. The van der Waals surface area contributed by atoms with E-state index in [4.69, 9.17) is 4.74 Å². The Labute approximate surface area is 192 Å². The van der Waals surface area contributed by atoms with E-state index in [0.29, 0.717) is 17.0 Å². The van der Waals surface area contributed by atoms with Crippen molar-refractivity contribution in [1.82, 2.24) is 9.55 Å². The minimum Gasteiger partial charge on any atom is -0.441 e. The van der Waals surface area contributed by atoms with Crippen molar-refractivity contribution < 1.29 is 19.6 Å². The zero-order chi connectivity index (χ0) is 23.4. The first kappa shape index (κ1) is 22.3. The number of aryl methyl sites for hydroxylation is 1. The van der Waals surface area contributed by atoms with E-state index in [1.165, 1.54) is 0 Å². The predicted octanol–water partition coefficient (Wildman–Crippen LogP) is 3.74. The number of nitrogens with zero attached hydrogens (tertiary/aromatic N) is 2. The van der Waals surface area contributed by atoms with Crippen molar-refractivity contribution in [1.29, 1.82) is 0 Å². The largest absolute Gasteiger partial charge is 0.488 e. The van der Waals surface area contributed by atoms with Crippen LogP contribution in [0.4, 0.5) is 10.6 Å². The third kappa shape index (κ3) is 5.14. The first-order valence-electron chi connectivity index (χ1n) is 10.5. The van der Waals surface area contributed by atoms with Crippen LogP contribution in [0, 0.1) is 0 Å². The third-order valence-corrected chi connectivity index (χ3v) is 5.41. The predicted molar refractivity (Wildman–Crippen MR) is 129 cm³/mol. The average molecular weight is 441 g/mol. The van der Waals surface area contributed by atoms with Crippen molar-refractivity contribution in [3.05, 3.63) is 90.8 Å².